The molecule has 1 heterocycles. The second-order valence-electron chi connectivity index (χ2n) is 20.4. The lowest BCUT2D eigenvalue weighted by molar-refractivity contribution is 1.20. The fourth-order valence-electron chi connectivity index (χ4n) is 12.2. The summed E-state index contributed by atoms with van der Waals surface area (Å²) >= 11 is 0. The van der Waals surface area contributed by atoms with E-state index in [1.165, 1.54) is 132 Å². The van der Waals surface area contributed by atoms with Crippen molar-refractivity contribution < 1.29 is 0 Å². The smallest absolute Gasteiger partial charge is 0.0541 e. The average Bonchev–Trinajstić information content (AvgIpc) is 4.09. The summed E-state index contributed by atoms with van der Waals surface area (Å²) in [6, 6.07) is 110. The van der Waals surface area contributed by atoms with Gasteiger partial charge in [0, 0.05) is 16.2 Å². The second kappa shape index (κ2) is 18.4. The highest BCUT2D eigenvalue weighted by Gasteiger charge is 2.21. The van der Waals surface area contributed by atoms with Gasteiger partial charge in [0.15, 0.2) is 0 Å². The highest BCUT2D eigenvalue weighted by Crippen LogP contribution is 2.45. The summed E-state index contributed by atoms with van der Waals surface area (Å²) < 4.78 is 2.51. The molecule has 1 heteroatoms. The minimum atomic E-state index is 1.15. The first kappa shape index (κ1) is 44.4. The molecule has 0 radical (unpaired) electrons. The van der Waals surface area contributed by atoms with E-state index in [0.717, 1.165) is 16.7 Å². The lowest BCUT2D eigenvalue weighted by Gasteiger charge is -2.17. The molecule has 358 valence electrons. The first-order valence-electron chi connectivity index (χ1n) is 26.6. The van der Waals surface area contributed by atoms with Crippen LogP contribution in [0.1, 0.15) is 0 Å². The zero-order valence-corrected chi connectivity index (χ0v) is 42.2. The molecule has 15 aromatic rings. The van der Waals surface area contributed by atoms with Crippen LogP contribution in [0.3, 0.4) is 0 Å². The first-order valence-corrected chi connectivity index (χ1v) is 26.6. The third-order valence-corrected chi connectivity index (χ3v) is 16.0. The molecule has 1 nitrogen and oxygen atoms in total. The van der Waals surface area contributed by atoms with Crippen LogP contribution in [0.15, 0.2) is 297 Å². The van der Waals surface area contributed by atoms with Crippen LogP contribution in [0.5, 0.6) is 0 Å². The maximum absolute atomic E-state index is 2.51. The predicted octanol–water partition coefficient (Wildman–Crippen LogP) is 21.1. The Labute approximate surface area is 447 Å². The molecule has 77 heavy (non-hydrogen) atoms. The van der Waals surface area contributed by atoms with Crippen LogP contribution in [-0.4, -0.2) is 4.57 Å². The fourth-order valence-corrected chi connectivity index (χ4v) is 12.2. The summed E-state index contributed by atoms with van der Waals surface area (Å²) in [7, 11) is 0. The van der Waals surface area contributed by atoms with E-state index in [-0.39, 0.29) is 0 Å². The summed E-state index contributed by atoms with van der Waals surface area (Å²) in [6.45, 7) is 0. The van der Waals surface area contributed by atoms with E-state index < -0.39 is 0 Å². The lowest BCUT2D eigenvalue weighted by atomic mass is 9.89. The van der Waals surface area contributed by atoms with Gasteiger partial charge >= 0.3 is 0 Å². The first-order chi connectivity index (χ1) is 38.2. The maximum atomic E-state index is 2.51. The van der Waals surface area contributed by atoms with E-state index in [1.807, 2.05) is 0 Å². The summed E-state index contributed by atoms with van der Waals surface area (Å²) in [6.07, 6.45) is 0. The molecule has 0 N–H and O–H groups in total. The van der Waals surface area contributed by atoms with Gasteiger partial charge in [-0.25, -0.2) is 0 Å². The average molecular weight is 976 g/mol. The Kier molecular flexibility index (Phi) is 10.6. The van der Waals surface area contributed by atoms with Gasteiger partial charge in [0.25, 0.3) is 0 Å². The van der Waals surface area contributed by atoms with Crippen molar-refractivity contribution >= 4 is 64.9 Å². The normalized spacial score (nSPS) is 11.6. The van der Waals surface area contributed by atoms with Gasteiger partial charge in [-0.15, -0.1) is 0 Å². The Morgan fingerprint density at radius 2 is 0.571 bits per heavy atom. The third kappa shape index (κ3) is 7.71. The summed E-state index contributed by atoms with van der Waals surface area (Å²) in [4.78, 5) is 0. The quantitative estimate of drug-likeness (QED) is 0.143. The molecule has 0 saturated heterocycles. The Hall–Kier alpha value is -10.1. The number of benzene rings is 14. The second-order valence-corrected chi connectivity index (χ2v) is 20.4. The highest BCUT2D eigenvalue weighted by atomic mass is 15.0. The molecule has 0 aliphatic carbocycles. The topological polar surface area (TPSA) is 4.93 Å². The van der Waals surface area contributed by atoms with Gasteiger partial charge in [0.05, 0.1) is 16.7 Å². The number of rotatable bonds is 8. The van der Waals surface area contributed by atoms with E-state index in [4.69, 9.17) is 0 Å². The van der Waals surface area contributed by atoms with Gasteiger partial charge in [0.2, 0.25) is 0 Å². The molecule has 1 aromatic heterocycles. The Morgan fingerprint density at radius 1 is 0.169 bits per heavy atom. The van der Waals surface area contributed by atoms with Gasteiger partial charge in [0.1, 0.15) is 0 Å². The standard InChI is InChI=1S/C76H49N/c1-3-18-53(19-4-1)70-46-59(57-32-30-50-16-7-9-23-55(50)44-57)34-38-64(70)61-36-41-75-72(48-61)73-49-62(65-39-35-60(47-71(65)54-20-5-2-6-21-54)58-33-31-51-17-8-10-24-56(51)45-58)37-42-76(73)77(75)74-43-40-68(67-27-13-14-28-69(67)74)66-29-15-25-52-22-11-12-26-63(52)66/h1-49H. The molecule has 0 atom stereocenters. The molecular weight excluding hydrogens is 927 g/mol. The summed E-state index contributed by atoms with van der Waals surface area (Å²) in [5.74, 6) is 0. The van der Waals surface area contributed by atoms with Crippen molar-refractivity contribution in [1.29, 1.82) is 0 Å². The molecule has 0 amide bonds. The predicted molar refractivity (Wildman–Crippen MR) is 329 cm³/mol. The summed E-state index contributed by atoms with van der Waals surface area (Å²) in [5, 5.41) is 12.3. The van der Waals surface area contributed by atoms with Crippen LogP contribution >= 0.6 is 0 Å². The molecule has 0 fully saturated rings. The Morgan fingerprint density at radius 3 is 1.13 bits per heavy atom. The molecule has 0 aliphatic heterocycles. The van der Waals surface area contributed by atoms with E-state index in [2.05, 4.69) is 302 Å². The number of aromatic nitrogens is 1. The zero-order chi connectivity index (χ0) is 50.8. The van der Waals surface area contributed by atoms with Crippen molar-refractivity contribution in [2.45, 2.75) is 0 Å². The lowest BCUT2D eigenvalue weighted by Crippen LogP contribution is -1.97. The van der Waals surface area contributed by atoms with E-state index in [9.17, 15) is 0 Å². The molecule has 0 aliphatic rings. The van der Waals surface area contributed by atoms with Crippen molar-refractivity contribution in [2.24, 2.45) is 0 Å². The monoisotopic (exact) mass is 975 g/mol. The van der Waals surface area contributed by atoms with Crippen LogP contribution in [0.25, 0.3) is 148 Å². The maximum Gasteiger partial charge on any atom is 0.0541 e. The molecule has 0 saturated carbocycles. The third-order valence-electron chi connectivity index (χ3n) is 16.0. The van der Waals surface area contributed by atoms with Crippen molar-refractivity contribution in [2.75, 3.05) is 0 Å². The van der Waals surface area contributed by atoms with E-state index in [0.29, 0.717) is 0 Å². The molecule has 15 rings (SSSR count). The minimum absolute atomic E-state index is 1.15. The largest absolute Gasteiger partial charge is 0.309 e. The number of fused-ring (bicyclic) bond motifs is 7. The van der Waals surface area contributed by atoms with Gasteiger partial charge < -0.3 is 4.57 Å². The van der Waals surface area contributed by atoms with Crippen LogP contribution in [0.2, 0.25) is 0 Å². The fraction of sp³-hybridized carbons (Fsp3) is 0. The molecular formula is C76H49N. The molecule has 0 spiro atoms. The van der Waals surface area contributed by atoms with Crippen LogP contribution in [-0.2, 0) is 0 Å². The van der Waals surface area contributed by atoms with Crippen molar-refractivity contribution in [3.8, 4) is 83.6 Å². The highest BCUT2D eigenvalue weighted by molar-refractivity contribution is 6.15. The molecule has 0 bridgehead atoms. The van der Waals surface area contributed by atoms with Crippen LogP contribution < -0.4 is 0 Å². The van der Waals surface area contributed by atoms with Crippen molar-refractivity contribution in [1.82, 2.24) is 4.57 Å². The van der Waals surface area contributed by atoms with E-state index in [1.54, 1.807) is 0 Å². The van der Waals surface area contributed by atoms with Gasteiger partial charge in [-0.1, -0.05) is 243 Å². The number of hydrogen-bond donors (Lipinski definition) is 0. The minimum Gasteiger partial charge on any atom is -0.309 e. The summed E-state index contributed by atoms with van der Waals surface area (Å²) in [5.41, 5.74) is 20.3. The number of nitrogens with zero attached hydrogens (tertiary/aromatic N) is 1. The van der Waals surface area contributed by atoms with Gasteiger partial charge in [-0.2, -0.15) is 0 Å². The SMILES string of the molecule is c1ccc(-c2cc(-c3ccc4ccccc4c3)ccc2-c2ccc3c(c2)c2cc(-c4ccc(-c5ccc6ccccc6c5)cc4-c4ccccc4)ccc2n3-c2ccc(-c3cccc4ccccc34)c3ccccc23)cc1. The zero-order valence-electron chi connectivity index (χ0n) is 42.2. The van der Waals surface area contributed by atoms with Crippen LogP contribution in [0.4, 0.5) is 0 Å². The van der Waals surface area contributed by atoms with Crippen molar-refractivity contribution in [3.63, 3.8) is 0 Å². The van der Waals surface area contributed by atoms with Gasteiger partial charge in [-0.05, 0) is 170 Å². The number of hydrogen-bond acceptors (Lipinski definition) is 0. The molecule has 14 aromatic carbocycles. The van der Waals surface area contributed by atoms with Gasteiger partial charge in [-0.3, -0.25) is 0 Å². The van der Waals surface area contributed by atoms with E-state index >= 15 is 0 Å². The van der Waals surface area contributed by atoms with Crippen molar-refractivity contribution in [3.05, 3.63) is 297 Å². The molecule has 0 unspecified atom stereocenters. The van der Waals surface area contributed by atoms with Crippen LogP contribution in [0, 0.1) is 0 Å². The Balaban J connectivity index is 0.955. The Bertz CT molecular complexity index is 4560.